The molecule has 13 heterocycles. The van der Waals surface area contributed by atoms with E-state index in [4.69, 9.17) is 14.0 Å². The molecule has 0 spiro atoms. The number of halogens is 1. The monoisotopic (exact) mass is 1470 g/mol. The van der Waals surface area contributed by atoms with Crippen LogP contribution in [0.4, 0.5) is 11.6 Å². The molecular weight excluding hydrogens is 1400 g/mol. The zero-order chi connectivity index (χ0) is 75.3. The lowest BCUT2D eigenvalue weighted by Gasteiger charge is -2.32. The number of nitrogens with one attached hydrogen (secondary N) is 2. The lowest BCUT2D eigenvalue weighted by Crippen LogP contribution is -2.41. The van der Waals surface area contributed by atoms with Crippen LogP contribution in [-0.4, -0.2) is 166 Å². The summed E-state index contributed by atoms with van der Waals surface area (Å²) in [5.74, 6) is 0.239. The van der Waals surface area contributed by atoms with Gasteiger partial charge < -0.3 is 29.4 Å². The number of ether oxygens (including phenoxy) is 2. The van der Waals surface area contributed by atoms with Crippen molar-refractivity contribution in [2.24, 2.45) is 28.2 Å². The van der Waals surface area contributed by atoms with E-state index < -0.39 is 30.3 Å². The molecule has 0 radical (unpaired) electrons. The third-order valence-corrected chi connectivity index (χ3v) is 16.7. The molecule has 1 aliphatic heterocycles. The number of esters is 2. The van der Waals surface area contributed by atoms with Crippen molar-refractivity contribution in [3.63, 3.8) is 0 Å². The fourth-order valence-electron chi connectivity index (χ4n) is 10.1. The van der Waals surface area contributed by atoms with Crippen molar-refractivity contribution in [1.29, 1.82) is 0 Å². The number of carbonyl (C=O) groups excluding carboxylic acids is 4. The van der Waals surface area contributed by atoms with Gasteiger partial charge in [-0.15, -0.1) is 10.2 Å². The van der Waals surface area contributed by atoms with Gasteiger partial charge in [0.25, 0.3) is 11.8 Å². The second-order valence-electron chi connectivity index (χ2n) is 25.5. The van der Waals surface area contributed by atoms with Crippen LogP contribution in [0.5, 0.6) is 0 Å². The first kappa shape index (κ1) is 76.4. The molecule has 12 aromatic heterocycles. The van der Waals surface area contributed by atoms with E-state index in [2.05, 4.69) is 113 Å². The second kappa shape index (κ2) is 33.3. The first-order valence-electron chi connectivity index (χ1n) is 32.6. The van der Waals surface area contributed by atoms with E-state index >= 15 is 0 Å². The van der Waals surface area contributed by atoms with Gasteiger partial charge in [0.2, 0.25) is 11.6 Å². The van der Waals surface area contributed by atoms with Crippen LogP contribution in [0.3, 0.4) is 0 Å². The van der Waals surface area contributed by atoms with Gasteiger partial charge in [0.15, 0.2) is 0 Å². The number of hydrogen-bond acceptors (Lipinski definition) is 24. The molecule has 12 aromatic rings. The van der Waals surface area contributed by atoms with E-state index in [0.717, 1.165) is 65.6 Å². The third-order valence-electron chi connectivity index (χ3n) is 16.3. The Morgan fingerprint density at radius 3 is 1.18 bits per heavy atom. The second-order valence-corrected chi connectivity index (χ2v) is 26.4. The average molecular weight is 1480 g/mol. The van der Waals surface area contributed by atoms with E-state index in [0.29, 0.717) is 51.8 Å². The molecule has 0 aliphatic carbocycles. The number of amides is 2. The molecule has 0 unspecified atom stereocenters. The molecule has 1 aliphatic rings. The van der Waals surface area contributed by atoms with Crippen molar-refractivity contribution in [1.82, 2.24) is 109 Å². The highest BCUT2D eigenvalue weighted by atomic mass is 79.9. The maximum atomic E-state index is 12.8. The molecule has 32 nitrogen and oxygen atoms in total. The summed E-state index contributed by atoms with van der Waals surface area (Å²) in [5, 5.41) is 45.5. The highest BCUT2D eigenvalue weighted by molar-refractivity contribution is 9.10. The van der Waals surface area contributed by atoms with E-state index in [1.54, 1.807) is 138 Å². The van der Waals surface area contributed by atoms with Crippen LogP contribution in [-0.2, 0) is 47.0 Å². The molecule has 538 valence electrons. The Labute approximate surface area is 608 Å². The smallest absolute Gasteiger partial charge is 0.464 e. The summed E-state index contributed by atoms with van der Waals surface area (Å²) in [5.41, 5.74) is 11.6. The summed E-state index contributed by atoms with van der Waals surface area (Å²) in [6, 6.07) is 17.7. The highest BCUT2D eigenvalue weighted by Gasteiger charge is 2.52. The Hall–Kier alpha value is -11.8. The zero-order valence-electron chi connectivity index (χ0n) is 60.9. The minimum absolute atomic E-state index is 0.0812. The quantitative estimate of drug-likeness (QED) is 0.0755. The van der Waals surface area contributed by atoms with Gasteiger partial charge in [0.1, 0.15) is 45.8 Å². The number of hydrogen-bond donors (Lipinski definition) is 2. The number of carbonyl (C=O) groups is 4. The normalized spacial score (nSPS) is 12.6. The first-order valence-corrected chi connectivity index (χ1v) is 33.3. The zero-order valence-corrected chi connectivity index (χ0v) is 62.5. The summed E-state index contributed by atoms with van der Waals surface area (Å²) in [7, 11) is 9.59. The van der Waals surface area contributed by atoms with Gasteiger partial charge in [-0.2, -0.15) is 20.4 Å². The van der Waals surface area contributed by atoms with E-state index in [-0.39, 0.29) is 29.6 Å². The van der Waals surface area contributed by atoms with Gasteiger partial charge in [-0.1, -0.05) is 12.1 Å². The third kappa shape index (κ3) is 18.8. The predicted octanol–water partition coefficient (Wildman–Crippen LogP) is 9.58. The van der Waals surface area contributed by atoms with Crippen molar-refractivity contribution in [3.05, 3.63) is 185 Å². The molecular formula is C70H80BBrN24O8. The number of aromatic nitrogens is 22. The fourth-order valence-corrected chi connectivity index (χ4v) is 10.4. The summed E-state index contributed by atoms with van der Waals surface area (Å²) >= 11 is 3.25. The van der Waals surface area contributed by atoms with Crippen molar-refractivity contribution in [3.8, 4) is 56.4 Å². The van der Waals surface area contributed by atoms with Crippen LogP contribution in [0.1, 0.15) is 132 Å². The summed E-state index contributed by atoms with van der Waals surface area (Å²) in [6.07, 6.45) is 21.2. The maximum Gasteiger partial charge on any atom is 0.495 e. The van der Waals surface area contributed by atoms with E-state index in [1.165, 1.54) is 14.2 Å². The van der Waals surface area contributed by atoms with Gasteiger partial charge in [-0.05, 0) is 213 Å². The minimum Gasteiger partial charge on any atom is -0.464 e. The topological polar surface area (TPSA) is 365 Å². The summed E-state index contributed by atoms with van der Waals surface area (Å²) in [4.78, 5) is 74.2. The van der Waals surface area contributed by atoms with E-state index in [9.17, 15) is 19.2 Å². The maximum absolute atomic E-state index is 12.8. The Kier molecular flexibility index (Phi) is 24.5. The van der Waals surface area contributed by atoms with Crippen LogP contribution in [0, 0.1) is 27.7 Å². The Morgan fingerprint density at radius 2 is 0.846 bits per heavy atom. The lowest BCUT2D eigenvalue weighted by molar-refractivity contribution is 0.00578. The molecule has 1 fully saturated rings. The Morgan fingerprint density at radius 1 is 0.490 bits per heavy atom. The molecule has 2 amide bonds. The minimum atomic E-state index is -0.508. The van der Waals surface area contributed by atoms with Crippen LogP contribution < -0.4 is 16.1 Å². The molecule has 0 saturated carbocycles. The highest BCUT2D eigenvalue weighted by Crippen LogP contribution is 2.37. The number of tetrazole rings is 2. The van der Waals surface area contributed by atoms with Crippen LogP contribution in [0.15, 0.2) is 139 Å². The van der Waals surface area contributed by atoms with Crippen LogP contribution in [0.2, 0.25) is 0 Å². The molecule has 1 saturated heterocycles. The van der Waals surface area contributed by atoms with Crippen LogP contribution >= 0.6 is 15.9 Å². The summed E-state index contributed by atoms with van der Waals surface area (Å²) < 4.78 is 32.6. The van der Waals surface area contributed by atoms with Gasteiger partial charge in [0, 0.05) is 94.5 Å². The van der Waals surface area contributed by atoms with Gasteiger partial charge >= 0.3 is 19.1 Å². The van der Waals surface area contributed by atoms with Crippen molar-refractivity contribution in [2.45, 2.75) is 106 Å². The van der Waals surface area contributed by atoms with Crippen molar-refractivity contribution in [2.75, 3.05) is 24.9 Å². The number of methoxy groups -OCH3 is 2. The SMILES string of the molecule is COC(=O)c1cc(-c2cnn(C)c2)c(C)cn1.COC(=O)c1cc(B2OC(C)(C)C(C)(C)O2)c(C)cn1.Cc1cnc(C(=O)Nc2cccc(-c3nnnn3C(C)C)n2)cc1-c1cnn(C)c1.Cc1cnc(C(=O)Nc2cccc(-c3nnnn3C(C)C)n2)cc1-c1cnn(C)c1.Cn1cc(Br)cn1. The fraction of sp³-hybridized carbons (Fsp3) is 0.314. The van der Waals surface area contributed by atoms with Gasteiger partial charge in [-0.3, -0.25) is 38.3 Å². The number of rotatable bonds is 14. The molecule has 104 heavy (non-hydrogen) atoms. The predicted molar refractivity (Wildman–Crippen MR) is 391 cm³/mol. The van der Waals surface area contributed by atoms with Crippen LogP contribution in [0.25, 0.3) is 56.4 Å². The number of pyridine rings is 6. The Balaban J connectivity index is 0.000000159. The number of nitrogens with zero attached hydrogens (tertiary/aromatic N) is 22. The van der Waals surface area contributed by atoms with Crippen molar-refractivity contribution < 1.29 is 38.0 Å². The largest absolute Gasteiger partial charge is 0.495 e. The molecule has 2 N–H and O–H groups in total. The standard InChI is InChI=1S/2C20H21N9O.C14H20BNO4.C12H13N3O2.C4H5BrN2/c2*1-12(2)29-19(25-26-27-29)16-6-5-7-18(23-16)24-20(30)17-8-15(13(3)9-21-17)14-10-22-28(4)11-14;1-9-8-16-11(12(17)18-6)7-10(9)15-19-13(2,3)14(4,5)20-15;1-8-5-13-11(12(16)17-3)4-10(8)9-6-14-15(2)7-9;1-7-3-4(5)2-6-7/h2*5-12H,1-4H3,(H,23,24,30);7-8H,1-6H3;4-7H,1-3H3;2-3H,1H3. The lowest BCUT2D eigenvalue weighted by atomic mass is 9.76. The van der Waals surface area contributed by atoms with Crippen molar-refractivity contribution >= 4 is 63.9 Å². The van der Waals surface area contributed by atoms with Gasteiger partial charge in [0.05, 0.1) is 66.8 Å². The van der Waals surface area contributed by atoms with E-state index in [1.807, 2.05) is 136 Å². The molecule has 13 rings (SSSR count). The first-order chi connectivity index (χ1) is 49.4. The molecule has 0 atom stereocenters. The molecule has 0 aromatic carbocycles. The Bertz CT molecular complexity index is 4790. The average Bonchev–Trinajstić information content (AvgIpc) is 1.62. The number of aryl methyl sites for hydroxylation is 8. The molecule has 0 bridgehead atoms. The van der Waals surface area contributed by atoms with Gasteiger partial charge in [-0.25, -0.2) is 38.9 Å². The number of anilines is 2. The molecule has 34 heteroatoms. The summed E-state index contributed by atoms with van der Waals surface area (Å²) in [6.45, 7) is 23.6.